The molecule has 4 nitrogen and oxygen atoms in total. The van der Waals surface area contributed by atoms with Crippen molar-refractivity contribution in [2.24, 2.45) is 16.7 Å². The standard InChI is InChI=1S/C30H29N2S.C15H28O2.Ir/c1-19(2)14-23-18-26-24(11-13-32-29(26)33-23)21-10-12-31-28(17-21)22-15-20-8-6-7-9-25(20)27(16-22)30(3,4)5;1-7-14(5,8-2)12(16)11-13(17)15(6,9-3)10-4;/h6-13,16-19H,14H2,1-5H3;11,16H,7-10H2,1-6H3;/q-1;;/b;12-11-;. The minimum Gasteiger partial charge on any atom is -0.512 e. The van der Waals surface area contributed by atoms with Crippen LogP contribution < -0.4 is 0 Å². The summed E-state index contributed by atoms with van der Waals surface area (Å²) in [6.07, 6.45) is 9.68. The fourth-order valence-electron chi connectivity index (χ4n) is 6.16. The predicted molar refractivity (Wildman–Crippen MR) is 215 cm³/mol. The summed E-state index contributed by atoms with van der Waals surface area (Å²) in [6.45, 7) is 23.4. The number of allylic oxidation sites excluding steroid dienone is 2. The van der Waals surface area contributed by atoms with Gasteiger partial charge in [0, 0.05) is 65.4 Å². The van der Waals surface area contributed by atoms with Crippen molar-refractivity contribution in [3.63, 3.8) is 0 Å². The van der Waals surface area contributed by atoms with Gasteiger partial charge in [-0.1, -0.05) is 111 Å². The number of thiophene rings is 1. The van der Waals surface area contributed by atoms with Gasteiger partial charge >= 0.3 is 0 Å². The van der Waals surface area contributed by atoms with E-state index in [1.165, 1.54) is 38.4 Å². The second-order valence-corrected chi connectivity index (χ2v) is 16.8. The SMILES string of the molecule is CC(C)Cc1cc2c(-c3ccnc(-c4[c-]c5ccccc5c(C(C)(C)C)c4)c3)ccnc2s1.CCC(C)(CC)C(=O)/C=C(\O)C(C)(CC)CC.[Ir]. The third-order valence-corrected chi connectivity index (χ3v) is 11.7. The Balaban J connectivity index is 0.000000335. The molecule has 0 saturated heterocycles. The Morgan fingerprint density at radius 1 is 0.843 bits per heavy atom. The Labute approximate surface area is 324 Å². The van der Waals surface area contributed by atoms with Gasteiger partial charge in [-0.15, -0.1) is 40.5 Å². The van der Waals surface area contributed by atoms with Crippen molar-refractivity contribution in [3.05, 3.63) is 95.3 Å². The number of aliphatic hydroxyl groups is 1. The quantitative estimate of drug-likeness (QED) is 0.0815. The van der Waals surface area contributed by atoms with Crippen molar-refractivity contribution in [3.8, 4) is 22.4 Å². The summed E-state index contributed by atoms with van der Waals surface area (Å²) in [4.78, 5) is 24.1. The number of hydrogen-bond acceptors (Lipinski definition) is 5. The summed E-state index contributed by atoms with van der Waals surface area (Å²) in [5.41, 5.74) is 5.12. The first-order valence-electron chi connectivity index (χ1n) is 18.3. The van der Waals surface area contributed by atoms with Crippen molar-refractivity contribution < 1.29 is 30.0 Å². The minimum absolute atomic E-state index is 0. The van der Waals surface area contributed by atoms with Gasteiger partial charge in [0.25, 0.3) is 0 Å². The average molecular weight is 882 g/mol. The van der Waals surface area contributed by atoms with Crippen LogP contribution in [0.1, 0.15) is 112 Å². The third kappa shape index (κ3) is 9.83. The monoisotopic (exact) mass is 882 g/mol. The van der Waals surface area contributed by atoms with Gasteiger partial charge in [-0.3, -0.25) is 9.78 Å². The molecule has 0 aliphatic carbocycles. The van der Waals surface area contributed by atoms with Crippen LogP contribution in [0.25, 0.3) is 43.4 Å². The molecule has 2 aromatic carbocycles. The fraction of sp³-hybridized carbons (Fsp3) is 0.444. The Kier molecular flexibility index (Phi) is 14.5. The van der Waals surface area contributed by atoms with Gasteiger partial charge in [-0.05, 0) is 72.8 Å². The maximum atomic E-state index is 12.2. The minimum atomic E-state index is -0.337. The molecule has 0 spiro atoms. The van der Waals surface area contributed by atoms with Gasteiger partial charge in [-0.25, -0.2) is 4.98 Å². The molecule has 0 atom stereocenters. The van der Waals surface area contributed by atoms with E-state index in [0.29, 0.717) is 5.92 Å². The van der Waals surface area contributed by atoms with E-state index >= 15 is 0 Å². The van der Waals surface area contributed by atoms with E-state index < -0.39 is 0 Å². The van der Waals surface area contributed by atoms with E-state index in [-0.39, 0.29) is 47.9 Å². The molecule has 0 aliphatic rings. The molecule has 1 N–H and O–H groups in total. The van der Waals surface area contributed by atoms with Crippen LogP contribution >= 0.6 is 11.3 Å². The molecule has 3 aromatic heterocycles. The number of fused-ring (bicyclic) bond motifs is 2. The smallest absolute Gasteiger partial charge is 0.164 e. The summed E-state index contributed by atoms with van der Waals surface area (Å²) in [5, 5.41) is 13.8. The van der Waals surface area contributed by atoms with Crippen LogP contribution in [0.3, 0.4) is 0 Å². The fourth-order valence-corrected chi connectivity index (χ4v) is 7.40. The Morgan fingerprint density at radius 3 is 2.08 bits per heavy atom. The Hall–Kier alpha value is -3.18. The molecule has 0 aliphatic heterocycles. The molecule has 5 rings (SSSR count). The van der Waals surface area contributed by atoms with E-state index in [4.69, 9.17) is 4.98 Å². The van der Waals surface area contributed by atoms with Gasteiger partial charge in [0.15, 0.2) is 5.78 Å². The molecule has 0 bridgehead atoms. The van der Waals surface area contributed by atoms with E-state index in [0.717, 1.165) is 53.6 Å². The normalized spacial score (nSPS) is 12.5. The summed E-state index contributed by atoms with van der Waals surface area (Å²) < 4.78 is 0. The van der Waals surface area contributed by atoms with Crippen molar-refractivity contribution >= 4 is 38.1 Å². The zero-order valence-corrected chi connectivity index (χ0v) is 35.7. The maximum Gasteiger partial charge on any atom is 0.164 e. The molecule has 51 heavy (non-hydrogen) atoms. The number of aliphatic hydroxyl groups excluding tert-OH is 1. The van der Waals surface area contributed by atoms with Gasteiger partial charge < -0.3 is 5.11 Å². The summed E-state index contributed by atoms with van der Waals surface area (Å²) >= 11 is 1.81. The number of ketones is 1. The first-order valence-corrected chi connectivity index (χ1v) is 19.2. The maximum absolute atomic E-state index is 12.2. The van der Waals surface area contributed by atoms with Crippen molar-refractivity contribution in [2.75, 3.05) is 0 Å². The number of hydrogen-bond donors (Lipinski definition) is 1. The van der Waals surface area contributed by atoms with Crippen LogP contribution in [-0.4, -0.2) is 20.9 Å². The third-order valence-electron chi connectivity index (χ3n) is 10.6. The average Bonchev–Trinajstić information content (AvgIpc) is 3.52. The number of rotatable bonds is 11. The molecule has 6 heteroatoms. The molecule has 1 radical (unpaired) electrons. The molecule has 3 heterocycles. The van der Waals surface area contributed by atoms with Crippen LogP contribution in [0, 0.1) is 22.8 Å². The van der Waals surface area contributed by atoms with E-state index in [1.807, 2.05) is 65.3 Å². The molecule has 5 aromatic rings. The first kappa shape index (κ1) is 42.2. The molecule has 0 unspecified atom stereocenters. The van der Waals surface area contributed by atoms with Crippen LogP contribution in [0.2, 0.25) is 0 Å². The molecular formula is C45H57IrN2O2S-. The van der Waals surface area contributed by atoms with Crippen LogP contribution in [-0.2, 0) is 36.7 Å². The number of benzene rings is 2. The van der Waals surface area contributed by atoms with Gasteiger partial charge in [0.1, 0.15) is 10.6 Å². The topological polar surface area (TPSA) is 63.1 Å². The number of aromatic nitrogens is 2. The van der Waals surface area contributed by atoms with Gasteiger partial charge in [0.05, 0.1) is 0 Å². The molecule has 0 amide bonds. The Bertz CT molecular complexity index is 1960. The van der Waals surface area contributed by atoms with Crippen molar-refractivity contribution in [1.82, 2.24) is 9.97 Å². The van der Waals surface area contributed by atoms with Crippen molar-refractivity contribution in [2.45, 2.75) is 114 Å². The van der Waals surface area contributed by atoms with E-state index in [9.17, 15) is 9.90 Å². The van der Waals surface area contributed by atoms with E-state index in [2.05, 4.69) is 100 Å². The summed E-state index contributed by atoms with van der Waals surface area (Å²) in [6, 6.07) is 23.2. The van der Waals surface area contributed by atoms with Crippen LogP contribution in [0.5, 0.6) is 0 Å². The van der Waals surface area contributed by atoms with Crippen LogP contribution in [0.4, 0.5) is 0 Å². The largest absolute Gasteiger partial charge is 0.512 e. The molecular weight excluding hydrogens is 825 g/mol. The predicted octanol–water partition coefficient (Wildman–Crippen LogP) is 13.1. The summed E-state index contributed by atoms with van der Waals surface area (Å²) in [7, 11) is 0. The first-order chi connectivity index (χ1) is 23.6. The second-order valence-electron chi connectivity index (χ2n) is 15.6. The zero-order valence-electron chi connectivity index (χ0n) is 32.5. The number of carbonyl (C=O) groups is 1. The van der Waals surface area contributed by atoms with E-state index in [1.54, 1.807) is 0 Å². The summed E-state index contributed by atoms with van der Waals surface area (Å²) in [5.74, 6) is 0.920. The molecule has 0 saturated carbocycles. The number of pyridine rings is 2. The second kappa shape index (κ2) is 17.6. The number of nitrogens with zero attached hydrogens (tertiary/aromatic N) is 2. The molecule has 275 valence electrons. The number of carbonyl (C=O) groups excluding carboxylic acids is 1. The van der Waals surface area contributed by atoms with Crippen LogP contribution in [0.15, 0.2) is 78.8 Å². The Morgan fingerprint density at radius 2 is 1.47 bits per heavy atom. The van der Waals surface area contributed by atoms with Gasteiger partial charge in [-0.2, -0.15) is 0 Å². The molecule has 0 fully saturated rings. The zero-order chi connectivity index (χ0) is 36.9. The van der Waals surface area contributed by atoms with Crippen molar-refractivity contribution in [1.29, 1.82) is 0 Å². The van der Waals surface area contributed by atoms with Gasteiger partial charge in [0.2, 0.25) is 0 Å².